The van der Waals surface area contributed by atoms with E-state index in [1.165, 1.54) is 0 Å². The van der Waals surface area contributed by atoms with Crippen molar-refractivity contribution in [3.63, 3.8) is 0 Å². The maximum atomic E-state index is 10.1. The maximum absolute atomic E-state index is 10.1. The van der Waals surface area contributed by atoms with Gasteiger partial charge in [-0.2, -0.15) is 5.26 Å². The van der Waals surface area contributed by atoms with Gasteiger partial charge in [-0.25, -0.2) is 0 Å². The Morgan fingerprint density at radius 3 is 3.06 bits per heavy atom. The summed E-state index contributed by atoms with van der Waals surface area (Å²) in [5.74, 6) is 0. The summed E-state index contributed by atoms with van der Waals surface area (Å²) in [6.45, 7) is 1.24. The monoisotopic (exact) mass is 252 g/mol. The summed E-state index contributed by atoms with van der Waals surface area (Å²) in [5.41, 5.74) is 0.298. The zero-order chi connectivity index (χ0) is 12.3. The Balaban J connectivity index is 2.08. The first kappa shape index (κ1) is 12.2. The number of aliphatic hydroxyl groups is 1. The molecule has 0 amide bonds. The second-order valence-corrected chi connectivity index (χ2v) is 4.62. The van der Waals surface area contributed by atoms with Gasteiger partial charge in [-0.15, -0.1) is 0 Å². The van der Waals surface area contributed by atoms with Gasteiger partial charge >= 0.3 is 0 Å². The van der Waals surface area contributed by atoms with Crippen molar-refractivity contribution in [1.82, 2.24) is 0 Å². The number of nitrogens with zero attached hydrogens (tertiary/aromatic N) is 1. The van der Waals surface area contributed by atoms with Gasteiger partial charge in [0.05, 0.1) is 17.9 Å². The smallest absolute Gasteiger partial charge is 0.107 e. The molecule has 5 heteroatoms. The Hall–Kier alpha value is -1.28. The van der Waals surface area contributed by atoms with Crippen molar-refractivity contribution in [2.24, 2.45) is 0 Å². The van der Waals surface area contributed by atoms with Crippen molar-refractivity contribution in [3.8, 4) is 6.07 Å². The Morgan fingerprint density at radius 2 is 2.41 bits per heavy atom. The third-order valence-electron chi connectivity index (χ3n) is 2.79. The average molecular weight is 253 g/mol. The van der Waals surface area contributed by atoms with E-state index in [1.807, 2.05) is 0 Å². The van der Waals surface area contributed by atoms with Crippen LogP contribution in [0.2, 0.25) is 5.02 Å². The van der Waals surface area contributed by atoms with Crippen LogP contribution in [-0.2, 0) is 4.74 Å². The number of hydrogen-bond donors (Lipinski definition) is 2. The molecule has 1 aromatic carbocycles. The lowest BCUT2D eigenvalue weighted by atomic mass is 10.0. The molecule has 4 nitrogen and oxygen atoms in total. The van der Waals surface area contributed by atoms with Crippen LogP contribution in [0.5, 0.6) is 0 Å². The van der Waals surface area contributed by atoms with Gasteiger partial charge in [0.1, 0.15) is 11.7 Å². The molecular weight excluding hydrogens is 240 g/mol. The van der Waals surface area contributed by atoms with Gasteiger partial charge in [-0.05, 0) is 18.2 Å². The number of ether oxygens (including phenoxy) is 1. The van der Waals surface area contributed by atoms with E-state index in [2.05, 4.69) is 11.4 Å². The minimum Gasteiger partial charge on any atom is -0.386 e. The van der Waals surface area contributed by atoms with E-state index >= 15 is 0 Å². The zero-order valence-corrected chi connectivity index (χ0v) is 10.00. The second kappa shape index (κ2) is 4.92. The predicted octanol–water partition coefficient (Wildman–Crippen LogP) is 1.77. The fourth-order valence-corrected chi connectivity index (χ4v) is 1.93. The van der Waals surface area contributed by atoms with E-state index in [9.17, 15) is 5.11 Å². The molecule has 0 saturated carbocycles. The van der Waals surface area contributed by atoms with Crippen LogP contribution in [0.4, 0.5) is 5.69 Å². The molecule has 1 saturated heterocycles. The van der Waals surface area contributed by atoms with E-state index in [-0.39, 0.29) is 0 Å². The lowest BCUT2D eigenvalue weighted by Gasteiger charge is -2.21. The van der Waals surface area contributed by atoms with Crippen LogP contribution in [0, 0.1) is 11.3 Å². The van der Waals surface area contributed by atoms with Crippen LogP contribution in [0.1, 0.15) is 12.0 Å². The summed E-state index contributed by atoms with van der Waals surface area (Å²) in [6, 6.07) is 7.07. The SMILES string of the molecule is N#Cc1ccc(Cl)cc1NCC1(O)CCOC1. The van der Waals surface area contributed by atoms with Crippen LogP contribution < -0.4 is 5.32 Å². The molecule has 1 heterocycles. The van der Waals surface area contributed by atoms with Gasteiger partial charge in [0.25, 0.3) is 0 Å². The number of hydrogen-bond acceptors (Lipinski definition) is 4. The van der Waals surface area contributed by atoms with Crippen LogP contribution >= 0.6 is 11.6 Å². The quantitative estimate of drug-likeness (QED) is 0.861. The summed E-state index contributed by atoms with van der Waals surface area (Å²) >= 11 is 5.87. The summed E-state index contributed by atoms with van der Waals surface area (Å²) in [7, 11) is 0. The summed E-state index contributed by atoms with van der Waals surface area (Å²) in [6.07, 6.45) is 0.600. The number of rotatable bonds is 3. The van der Waals surface area contributed by atoms with Crippen molar-refractivity contribution in [2.75, 3.05) is 25.1 Å². The molecule has 2 N–H and O–H groups in total. The van der Waals surface area contributed by atoms with Gasteiger partial charge in [0, 0.05) is 24.6 Å². The normalized spacial score (nSPS) is 23.4. The highest BCUT2D eigenvalue weighted by Crippen LogP contribution is 2.23. The van der Waals surface area contributed by atoms with Crippen molar-refractivity contribution in [1.29, 1.82) is 5.26 Å². The van der Waals surface area contributed by atoms with E-state index in [1.54, 1.807) is 18.2 Å². The van der Waals surface area contributed by atoms with Crippen molar-refractivity contribution in [3.05, 3.63) is 28.8 Å². The molecule has 2 rings (SSSR count). The fraction of sp³-hybridized carbons (Fsp3) is 0.417. The second-order valence-electron chi connectivity index (χ2n) is 4.18. The zero-order valence-electron chi connectivity index (χ0n) is 9.24. The van der Waals surface area contributed by atoms with Crippen molar-refractivity contribution >= 4 is 17.3 Å². The first-order valence-corrected chi connectivity index (χ1v) is 5.74. The van der Waals surface area contributed by atoms with Crippen molar-refractivity contribution < 1.29 is 9.84 Å². The lowest BCUT2D eigenvalue weighted by Crippen LogP contribution is -2.37. The van der Waals surface area contributed by atoms with Crippen LogP contribution in [0.3, 0.4) is 0 Å². The molecule has 90 valence electrons. The van der Waals surface area contributed by atoms with E-state index in [0.717, 1.165) is 0 Å². The van der Waals surface area contributed by atoms with E-state index in [0.29, 0.717) is 42.5 Å². The highest BCUT2D eigenvalue weighted by Gasteiger charge is 2.32. The Morgan fingerprint density at radius 1 is 1.59 bits per heavy atom. The highest BCUT2D eigenvalue weighted by molar-refractivity contribution is 6.30. The largest absolute Gasteiger partial charge is 0.386 e. The Kier molecular flexibility index (Phi) is 3.53. The van der Waals surface area contributed by atoms with Gasteiger partial charge in [-0.1, -0.05) is 11.6 Å². The molecular formula is C12H13ClN2O2. The van der Waals surface area contributed by atoms with Gasteiger partial charge in [0.15, 0.2) is 0 Å². The minimum absolute atomic E-state index is 0.322. The average Bonchev–Trinajstić information content (AvgIpc) is 2.74. The van der Waals surface area contributed by atoms with Crippen LogP contribution in [0.25, 0.3) is 0 Å². The number of nitriles is 1. The van der Waals surface area contributed by atoms with Crippen LogP contribution in [-0.4, -0.2) is 30.5 Å². The fourth-order valence-electron chi connectivity index (χ4n) is 1.76. The standard InChI is InChI=1S/C12H13ClN2O2/c13-10-2-1-9(6-14)11(5-10)15-7-12(16)3-4-17-8-12/h1-2,5,15-16H,3-4,7-8H2. The number of nitrogens with one attached hydrogen (secondary N) is 1. The minimum atomic E-state index is -0.852. The highest BCUT2D eigenvalue weighted by atomic mass is 35.5. The number of halogens is 1. The summed E-state index contributed by atoms with van der Waals surface area (Å²) in [4.78, 5) is 0. The first-order chi connectivity index (χ1) is 8.13. The summed E-state index contributed by atoms with van der Waals surface area (Å²) < 4.78 is 5.15. The molecule has 1 aliphatic heterocycles. The van der Waals surface area contributed by atoms with Gasteiger partial charge < -0.3 is 15.2 Å². The Labute approximate surface area is 105 Å². The molecule has 1 atom stereocenters. The van der Waals surface area contributed by atoms with Gasteiger partial charge in [-0.3, -0.25) is 0 Å². The third-order valence-corrected chi connectivity index (χ3v) is 3.03. The first-order valence-electron chi connectivity index (χ1n) is 5.37. The molecule has 17 heavy (non-hydrogen) atoms. The molecule has 0 bridgehead atoms. The molecule has 1 aliphatic rings. The molecule has 0 radical (unpaired) electrons. The summed E-state index contributed by atoms with van der Waals surface area (Å²) in [5, 5.41) is 22.6. The molecule has 1 aromatic rings. The molecule has 1 unspecified atom stereocenters. The lowest BCUT2D eigenvalue weighted by molar-refractivity contribution is 0.0382. The van der Waals surface area contributed by atoms with E-state index < -0.39 is 5.60 Å². The molecule has 1 fully saturated rings. The van der Waals surface area contributed by atoms with Crippen molar-refractivity contribution in [2.45, 2.75) is 12.0 Å². The topological polar surface area (TPSA) is 65.3 Å². The predicted molar refractivity (Wildman–Crippen MR) is 65.0 cm³/mol. The maximum Gasteiger partial charge on any atom is 0.107 e. The molecule has 0 spiro atoms. The molecule has 0 aliphatic carbocycles. The number of benzene rings is 1. The third kappa shape index (κ3) is 2.89. The van der Waals surface area contributed by atoms with E-state index in [4.69, 9.17) is 21.6 Å². The van der Waals surface area contributed by atoms with Gasteiger partial charge in [0.2, 0.25) is 0 Å². The number of anilines is 1. The van der Waals surface area contributed by atoms with Crippen LogP contribution in [0.15, 0.2) is 18.2 Å². The molecule has 0 aromatic heterocycles. The Bertz CT molecular complexity index is 450.